The number of aliphatic hydroxyl groups excluding tert-OH is 1. The SMILES string of the molecule is Cc1cc(CC(O)C2CCCO2)n(C)n1. The fourth-order valence-corrected chi connectivity index (χ4v) is 2.11. The molecule has 1 N–H and O–H groups in total. The summed E-state index contributed by atoms with van der Waals surface area (Å²) in [6.07, 6.45) is 2.27. The number of aromatic nitrogens is 2. The molecule has 84 valence electrons. The van der Waals surface area contributed by atoms with Crippen molar-refractivity contribution < 1.29 is 9.84 Å². The Balaban J connectivity index is 1.98. The molecule has 2 unspecified atom stereocenters. The number of rotatable bonds is 3. The largest absolute Gasteiger partial charge is 0.390 e. The molecular weight excluding hydrogens is 192 g/mol. The van der Waals surface area contributed by atoms with Gasteiger partial charge in [0.15, 0.2) is 0 Å². The van der Waals surface area contributed by atoms with Crippen molar-refractivity contribution >= 4 is 0 Å². The van der Waals surface area contributed by atoms with Gasteiger partial charge in [0.05, 0.1) is 17.9 Å². The van der Waals surface area contributed by atoms with Crippen LogP contribution in [-0.4, -0.2) is 33.7 Å². The molecule has 0 amide bonds. The number of aliphatic hydroxyl groups is 1. The van der Waals surface area contributed by atoms with Crippen LogP contribution in [0.5, 0.6) is 0 Å². The van der Waals surface area contributed by atoms with E-state index in [1.54, 1.807) is 0 Å². The van der Waals surface area contributed by atoms with Gasteiger partial charge in [0, 0.05) is 25.8 Å². The molecule has 1 aromatic heterocycles. The van der Waals surface area contributed by atoms with Gasteiger partial charge in [0.25, 0.3) is 0 Å². The van der Waals surface area contributed by atoms with Crippen LogP contribution in [0.3, 0.4) is 0 Å². The van der Waals surface area contributed by atoms with E-state index >= 15 is 0 Å². The van der Waals surface area contributed by atoms with Crippen molar-refractivity contribution in [3.63, 3.8) is 0 Å². The van der Waals surface area contributed by atoms with E-state index in [1.165, 1.54) is 0 Å². The van der Waals surface area contributed by atoms with Crippen LogP contribution in [0.1, 0.15) is 24.2 Å². The first-order valence-corrected chi connectivity index (χ1v) is 5.46. The molecule has 1 aromatic rings. The predicted octanol–water partition coefficient (Wildman–Crippen LogP) is 0.811. The molecule has 1 fully saturated rings. The molecule has 4 nitrogen and oxygen atoms in total. The molecule has 4 heteroatoms. The third-order valence-electron chi connectivity index (χ3n) is 2.91. The maximum atomic E-state index is 9.97. The molecule has 1 saturated heterocycles. The first kappa shape index (κ1) is 10.6. The lowest BCUT2D eigenvalue weighted by Crippen LogP contribution is -2.28. The Labute approximate surface area is 89.9 Å². The van der Waals surface area contributed by atoms with Crippen LogP contribution in [0.2, 0.25) is 0 Å². The van der Waals surface area contributed by atoms with Gasteiger partial charge < -0.3 is 9.84 Å². The zero-order chi connectivity index (χ0) is 10.8. The van der Waals surface area contributed by atoms with Gasteiger partial charge in [0.1, 0.15) is 0 Å². The van der Waals surface area contributed by atoms with Crippen molar-refractivity contribution in [1.82, 2.24) is 9.78 Å². The molecule has 2 atom stereocenters. The van der Waals surface area contributed by atoms with Crippen LogP contribution in [-0.2, 0) is 18.2 Å². The molecule has 0 spiro atoms. The van der Waals surface area contributed by atoms with Crippen molar-refractivity contribution in [3.8, 4) is 0 Å². The van der Waals surface area contributed by atoms with E-state index in [2.05, 4.69) is 5.10 Å². The molecule has 0 aromatic carbocycles. The third kappa shape index (κ3) is 2.38. The van der Waals surface area contributed by atoms with Crippen molar-refractivity contribution in [2.75, 3.05) is 6.61 Å². The lowest BCUT2D eigenvalue weighted by molar-refractivity contribution is -0.00159. The molecule has 1 aliphatic heterocycles. The van der Waals surface area contributed by atoms with E-state index in [1.807, 2.05) is 24.7 Å². The summed E-state index contributed by atoms with van der Waals surface area (Å²) in [7, 11) is 1.91. The first-order chi connectivity index (χ1) is 7.16. The average molecular weight is 210 g/mol. The third-order valence-corrected chi connectivity index (χ3v) is 2.91. The van der Waals surface area contributed by atoms with Crippen molar-refractivity contribution in [1.29, 1.82) is 0 Å². The minimum absolute atomic E-state index is 0.0141. The van der Waals surface area contributed by atoms with Crippen LogP contribution >= 0.6 is 0 Å². The number of hydrogen-bond donors (Lipinski definition) is 1. The van der Waals surface area contributed by atoms with Gasteiger partial charge in [-0.25, -0.2) is 0 Å². The highest BCUT2D eigenvalue weighted by atomic mass is 16.5. The van der Waals surface area contributed by atoms with Crippen LogP contribution in [0.4, 0.5) is 0 Å². The van der Waals surface area contributed by atoms with E-state index in [0.29, 0.717) is 6.42 Å². The van der Waals surface area contributed by atoms with Gasteiger partial charge in [-0.2, -0.15) is 5.10 Å². The minimum Gasteiger partial charge on any atom is -0.390 e. The Bertz CT molecular complexity index is 329. The highest BCUT2D eigenvalue weighted by molar-refractivity contribution is 5.10. The first-order valence-electron chi connectivity index (χ1n) is 5.46. The Morgan fingerprint density at radius 2 is 2.53 bits per heavy atom. The predicted molar refractivity (Wildman–Crippen MR) is 56.6 cm³/mol. The van der Waals surface area contributed by atoms with Gasteiger partial charge in [-0.15, -0.1) is 0 Å². The Hall–Kier alpha value is -0.870. The Morgan fingerprint density at radius 3 is 3.07 bits per heavy atom. The molecule has 0 radical (unpaired) electrons. The topological polar surface area (TPSA) is 47.3 Å². The van der Waals surface area contributed by atoms with Crippen LogP contribution in [0, 0.1) is 6.92 Å². The summed E-state index contributed by atoms with van der Waals surface area (Å²) in [4.78, 5) is 0. The van der Waals surface area contributed by atoms with Crippen molar-refractivity contribution in [3.05, 3.63) is 17.5 Å². The number of hydrogen-bond acceptors (Lipinski definition) is 3. The molecule has 15 heavy (non-hydrogen) atoms. The summed E-state index contributed by atoms with van der Waals surface area (Å²) in [6.45, 7) is 2.74. The number of aryl methyl sites for hydroxylation is 2. The monoisotopic (exact) mass is 210 g/mol. The van der Waals surface area contributed by atoms with E-state index in [0.717, 1.165) is 30.8 Å². The summed E-state index contributed by atoms with van der Waals surface area (Å²) >= 11 is 0. The maximum absolute atomic E-state index is 9.97. The molecule has 0 aliphatic carbocycles. The standard InChI is InChI=1S/C11H18N2O2/c1-8-6-9(13(2)12-8)7-10(14)11-4-3-5-15-11/h6,10-11,14H,3-5,7H2,1-2H3. The Morgan fingerprint density at radius 1 is 1.73 bits per heavy atom. The van der Waals surface area contributed by atoms with Crippen molar-refractivity contribution in [2.24, 2.45) is 7.05 Å². The lowest BCUT2D eigenvalue weighted by Gasteiger charge is -2.17. The molecule has 1 aliphatic rings. The van der Waals surface area contributed by atoms with Gasteiger partial charge in [0.2, 0.25) is 0 Å². The van der Waals surface area contributed by atoms with E-state index in [-0.39, 0.29) is 6.10 Å². The number of ether oxygens (including phenoxy) is 1. The fourth-order valence-electron chi connectivity index (χ4n) is 2.11. The van der Waals surface area contributed by atoms with E-state index in [4.69, 9.17) is 4.74 Å². The molecule has 0 saturated carbocycles. The summed E-state index contributed by atoms with van der Waals surface area (Å²) in [5, 5.41) is 14.2. The van der Waals surface area contributed by atoms with Crippen LogP contribution in [0.15, 0.2) is 6.07 Å². The summed E-state index contributed by atoms with van der Waals surface area (Å²) in [5.74, 6) is 0. The summed E-state index contributed by atoms with van der Waals surface area (Å²) in [6, 6.07) is 2.01. The molecule has 2 rings (SSSR count). The highest BCUT2D eigenvalue weighted by Crippen LogP contribution is 2.18. The zero-order valence-corrected chi connectivity index (χ0v) is 9.31. The zero-order valence-electron chi connectivity index (χ0n) is 9.31. The Kier molecular flexibility index (Phi) is 3.07. The molecule has 2 heterocycles. The van der Waals surface area contributed by atoms with E-state index < -0.39 is 6.10 Å². The van der Waals surface area contributed by atoms with Gasteiger partial charge >= 0.3 is 0 Å². The second-order valence-corrected chi connectivity index (χ2v) is 4.22. The fraction of sp³-hybridized carbons (Fsp3) is 0.727. The van der Waals surface area contributed by atoms with E-state index in [9.17, 15) is 5.11 Å². The van der Waals surface area contributed by atoms with Gasteiger partial charge in [-0.3, -0.25) is 4.68 Å². The van der Waals surface area contributed by atoms with Crippen LogP contribution in [0.25, 0.3) is 0 Å². The van der Waals surface area contributed by atoms with Gasteiger partial charge in [-0.05, 0) is 25.8 Å². The second kappa shape index (κ2) is 4.33. The quantitative estimate of drug-likeness (QED) is 0.803. The second-order valence-electron chi connectivity index (χ2n) is 4.22. The average Bonchev–Trinajstić information content (AvgIpc) is 2.76. The maximum Gasteiger partial charge on any atom is 0.0857 e. The summed E-state index contributed by atoms with van der Waals surface area (Å²) in [5.41, 5.74) is 2.06. The van der Waals surface area contributed by atoms with Crippen LogP contribution < -0.4 is 0 Å². The van der Waals surface area contributed by atoms with Gasteiger partial charge in [-0.1, -0.05) is 0 Å². The number of nitrogens with zero attached hydrogens (tertiary/aromatic N) is 2. The molecular formula is C11H18N2O2. The molecule has 0 bridgehead atoms. The normalized spacial score (nSPS) is 23.3. The lowest BCUT2D eigenvalue weighted by atomic mass is 10.1. The summed E-state index contributed by atoms with van der Waals surface area (Å²) < 4.78 is 7.28. The smallest absolute Gasteiger partial charge is 0.0857 e. The minimum atomic E-state index is -0.401. The highest BCUT2D eigenvalue weighted by Gasteiger charge is 2.24. The van der Waals surface area contributed by atoms with Crippen molar-refractivity contribution in [2.45, 2.75) is 38.4 Å².